The summed E-state index contributed by atoms with van der Waals surface area (Å²) in [5.41, 5.74) is 0. The molecule has 2 aliphatic heterocycles. The van der Waals surface area contributed by atoms with E-state index >= 15 is 0 Å². The molecule has 0 aromatic heterocycles. The Balaban J connectivity index is 1.97. The molecule has 2 aliphatic rings. The zero-order valence-electron chi connectivity index (χ0n) is 12.7. The van der Waals surface area contributed by atoms with E-state index < -0.39 is 5.79 Å². The molecular weight excluding hydrogens is 246 g/mol. The van der Waals surface area contributed by atoms with Gasteiger partial charge in [-0.15, -0.1) is 0 Å². The highest BCUT2D eigenvalue weighted by atomic mass is 16.7. The van der Waals surface area contributed by atoms with Crippen molar-refractivity contribution in [3.8, 4) is 0 Å². The van der Waals surface area contributed by atoms with Gasteiger partial charge in [-0.1, -0.05) is 13.8 Å². The Labute approximate surface area is 115 Å². The highest BCUT2D eigenvalue weighted by Gasteiger charge is 2.53. The summed E-state index contributed by atoms with van der Waals surface area (Å²) in [6, 6.07) is 0. The van der Waals surface area contributed by atoms with Gasteiger partial charge in [0.2, 0.25) is 0 Å². The van der Waals surface area contributed by atoms with Crippen LogP contribution in [-0.4, -0.2) is 55.6 Å². The monoisotopic (exact) mass is 271 g/mol. The Hall–Kier alpha value is -0.650. The van der Waals surface area contributed by atoms with Crippen LogP contribution in [0.1, 0.15) is 27.7 Å². The second-order valence-corrected chi connectivity index (χ2v) is 6.38. The number of rotatable bonds is 3. The van der Waals surface area contributed by atoms with Gasteiger partial charge in [0.1, 0.15) is 0 Å². The van der Waals surface area contributed by atoms with E-state index in [1.165, 1.54) is 0 Å². The number of epoxide rings is 1. The lowest BCUT2D eigenvalue weighted by atomic mass is 9.88. The van der Waals surface area contributed by atoms with E-state index in [2.05, 4.69) is 13.8 Å². The molecule has 0 radical (unpaired) electrons. The van der Waals surface area contributed by atoms with Crippen molar-refractivity contribution >= 4 is 5.91 Å². The fourth-order valence-electron chi connectivity index (χ4n) is 2.69. The predicted molar refractivity (Wildman–Crippen MR) is 70.6 cm³/mol. The maximum absolute atomic E-state index is 11.8. The quantitative estimate of drug-likeness (QED) is 0.725. The van der Waals surface area contributed by atoms with Crippen LogP contribution < -0.4 is 0 Å². The average Bonchev–Trinajstić information content (AvgIpc) is 3.10. The molecule has 0 bridgehead atoms. The first-order valence-corrected chi connectivity index (χ1v) is 6.91. The van der Waals surface area contributed by atoms with Gasteiger partial charge in [0.05, 0.1) is 18.8 Å². The zero-order chi connectivity index (χ0) is 14.4. The third kappa shape index (κ3) is 3.09. The molecular formula is C14H25NO4. The Morgan fingerprint density at radius 2 is 1.95 bits per heavy atom. The van der Waals surface area contributed by atoms with Crippen molar-refractivity contribution in [1.82, 2.24) is 4.90 Å². The Morgan fingerprint density at radius 3 is 2.53 bits per heavy atom. The minimum Gasteiger partial charge on any atom is -0.359 e. The molecule has 0 unspecified atom stereocenters. The van der Waals surface area contributed by atoms with Crippen LogP contribution in [0.25, 0.3) is 0 Å². The Bertz CT molecular complexity index is 355. The van der Waals surface area contributed by atoms with E-state index in [1.54, 1.807) is 19.0 Å². The molecule has 2 rings (SSSR count). The van der Waals surface area contributed by atoms with Crippen LogP contribution in [-0.2, 0) is 19.0 Å². The molecule has 5 heteroatoms. The second kappa shape index (κ2) is 5.04. The molecule has 1 amide bonds. The zero-order valence-corrected chi connectivity index (χ0v) is 12.7. The summed E-state index contributed by atoms with van der Waals surface area (Å²) in [4.78, 5) is 13.4. The summed E-state index contributed by atoms with van der Waals surface area (Å²) in [7, 11) is 3.50. The van der Waals surface area contributed by atoms with Crippen LogP contribution in [0, 0.1) is 11.8 Å². The van der Waals surface area contributed by atoms with Gasteiger partial charge in [-0.2, -0.15) is 0 Å². The second-order valence-electron chi connectivity index (χ2n) is 6.38. The van der Waals surface area contributed by atoms with E-state index in [4.69, 9.17) is 14.2 Å². The third-order valence-electron chi connectivity index (χ3n) is 3.92. The molecule has 0 spiro atoms. The van der Waals surface area contributed by atoms with Crippen LogP contribution in [0.3, 0.4) is 0 Å². The molecule has 2 saturated heterocycles. The first-order chi connectivity index (χ1) is 8.73. The molecule has 19 heavy (non-hydrogen) atoms. The summed E-state index contributed by atoms with van der Waals surface area (Å²) in [6.07, 6.45) is -0.267. The molecule has 0 saturated carbocycles. The topological polar surface area (TPSA) is 51.3 Å². The lowest BCUT2D eigenvalue weighted by molar-refractivity contribution is -0.300. The summed E-state index contributed by atoms with van der Waals surface area (Å²) in [5.74, 6) is -0.0216. The smallest absolute Gasteiger partial charge is 0.253 e. The molecule has 0 N–H and O–H groups in total. The minimum absolute atomic E-state index is 0.0313. The Kier molecular flexibility index (Phi) is 3.91. The van der Waals surface area contributed by atoms with E-state index in [0.717, 1.165) is 0 Å². The number of carbonyl (C=O) groups excluding carboxylic acids is 1. The van der Waals surface area contributed by atoms with Gasteiger partial charge >= 0.3 is 0 Å². The van der Waals surface area contributed by atoms with Gasteiger partial charge < -0.3 is 19.1 Å². The first-order valence-electron chi connectivity index (χ1n) is 6.91. The van der Waals surface area contributed by atoms with Crippen molar-refractivity contribution in [2.75, 3.05) is 20.7 Å². The maximum atomic E-state index is 11.8. The number of likely N-dealkylation sites (N-methyl/N-ethyl adjacent to an activating group) is 1. The van der Waals surface area contributed by atoms with E-state index in [1.807, 2.05) is 13.8 Å². The van der Waals surface area contributed by atoms with Gasteiger partial charge in [0.15, 0.2) is 11.9 Å². The summed E-state index contributed by atoms with van der Waals surface area (Å²) >= 11 is 0. The first kappa shape index (κ1) is 14.8. The number of hydrogen-bond acceptors (Lipinski definition) is 4. The van der Waals surface area contributed by atoms with Crippen LogP contribution in [0.5, 0.6) is 0 Å². The SMILES string of the molecule is C[C@H]([C@H]1O[C@@H]1C(=O)N(C)C)[C@@H]1OC(C)(C)OC[C@H]1C. The lowest BCUT2D eigenvalue weighted by Crippen LogP contribution is -2.48. The largest absolute Gasteiger partial charge is 0.359 e. The van der Waals surface area contributed by atoms with Crippen molar-refractivity contribution in [3.63, 3.8) is 0 Å². The highest BCUT2D eigenvalue weighted by molar-refractivity contribution is 5.83. The maximum Gasteiger partial charge on any atom is 0.253 e. The van der Waals surface area contributed by atoms with Gasteiger partial charge in [-0.3, -0.25) is 4.79 Å². The van der Waals surface area contributed by atoms with Crippen LogP contribution in [0.4, 0.5) is 0 Å². The summed E-state index contributed by atoms with van der Waals surface area (Å²) in [6.45, 7) is 8.74. The van der Waals surface area contributed by atoms with Crippen molar-refractivity contribution < 1.29 is 19.0 Å². The van der Waals surface area contributed by atoms with Crippen molar-refractivity contribution in [2.24, 2.45) is 11.8 Å². The van der Waals surface area contributed by atoms with Gasteiger partial charge in [0.25, 0.3) is 5.91 Å². The molecule has 110 valence electrons. The molecule has 5 nitrogen and oxygen atoms in total. The normalized spacial score (nSPS) is 38.6. The predicted octanol–water partition coefficient (Wildman–Crippen LogP) is 1.27. The summed E-state index contributed by atoms with van der Waals surface area (Å²) < 4.78 is 17.2. The van der Waals surface area contributed by atoms with E-state index in [9.17, 15) is 4.79 Å². The number of hydrogen-bond donors (Lipinski definition) is 0. The average molecular weight is 271 g/mol. The lowest BCUT2D eigenvalue weighted by Gasteiger charge is -2.42. The molecule has 0 aliphatic carbocycles. The standard InChI is InChI=1S/C14H25NO4/c1-8-7-17-14(3,4)19-10(8)9(2)11-12(18-11)13(16)15(5)6/h8-12H,7H2,1-6H3/t8-,9+,10-,11-,12+/m1/s1. The van der Waals surface area contributed by atoms with E-state index in [0.29, 0.717) is 12.5 Å². The van der Waals surface area contributed by atoms with E-state index in [-0.39, 0.29) is 30.1 Å². The molecule has 0 aromatic carbocycles. The number of carbonyl (C=O) groups is 1. The summed E-state index contributed by atoms with van der Waals surface area (Å²) in [5, 5.41) is 0. The van der Waals surface area contributed by atoms with Crippen molar-refractivity contribution in [1.29, 1.82) is 0 Å². The number of nitrogens with zero attached hydrogens (tertiary/aromatic N) is 1. The van der Waals surface area contributed by atoms with Gasteiger partial charge in [0, 0.05) is 25.9 Å². The highest BCUT2D eigenvalue weighted by Crippen LogP contribution is 2.39. The molecule has 2 fully saturated rings. The molecule has 2 heterocycles. The molecule has 0 aromatic rings. The number of amides is 1. The van der Waals surface area contributed by atoms with Crippen LogP contribution >= 0.6 is 0 Å². The Morgan fingerprint density at radius 1 is 1.32 bits per heavy atom. The van der Waals surface area contributed by atoms with Crippen LogP contribution in [0.15, 0.2) is 0 Å². The minimum atomic E-state index is -0.554. The van der Waals surface area contributed by atoms with Gasteiger partial charge in [-0.25, -0.2) is 0 Å². The van der Waals surface area contributed by atoms with Crippen LogP contribution in [0.2, 0.25) is 0 Å². The van der Waals surface area contributed by atoms with Crippen molar-refractivity contribution in [3.05, 3.63) is 0 Å². The third-order valence-corrected chi connectivity index (χ3v) is 3.92. The van der Waals surface area contributed by atoms with Crippen molar-refractivity contribution in [2.45, 2.75) is 51.8 Å². The molecule has 5 atom stereocenters. The fourth-order valence-corrected chi connectivity index (χ4v) is 2.69. The van der Waals surface area contributed by atoms with Gasteiger partial charge in [-0.05, 0) is 13.8 Å². The fraction of sp³-hybridized carbons (Fsp3) is 0.929. The number of ether oxygens (including phenoxy) is 3.